The molecule has 0 aliphatic carbocycles. The summed E-state index contributed by atoms with van der Waals surface area (Å²) >= 11 is 0. The number of nitrogens with zero attached hydrogens (tertiary/aromatic N) is 1. The van der Waals surface area contributed by atoms with Crippen LogP contribution in [0.3, 0.4) is 0 Å². The second kappa shape index (κ2) is 11.6. The molecule has 0 saturated carbocycles. The first-order valence-corrected chi connectivity index (χ1v) is 16.6. The van der Waals surface area contributed by atoms with Crippen molar-refractivity contribution in [3.05, 3.63) is 188 Å². The van der Waals surface area contributed by atoms with Gasteiger partial charge in [-0.05, 0) is 103 Å². The van der Waals surface area contributed by atoms with Crippen LogP contribution >= 0.6 is 0 Å². The SMILES string of the molecule is Cc1cc2cc(-c3ccc(-c4c5ccccc5c(-c5ccc(-c6ccccc6)cc5)c5ccccc45)cc3)ccc2n1-c1ccccc1. The van der Waals surface area contributed by atoms with Crippen molar-refractivity contribution in [2.45, 2.75) is 6.92 Å². The standard InChI is InChI=1S/C47H33N/c1-32-30-39-31-38(28-29-45(39)48(32)40-14-6-3-7-15-40)35-22-26-37(27-23-35)47-43-18-10-8-16-41(43)46(42-17-9-11-19-44(42)47)36-24-20-34(21-25-36)33-12-4-2-5-13-33/h2-31H,1H3. The minimum atomic E-state index is 1.19. The van der Waals surface area contributed by atoms with Gasteiger partial charge in [-0.15, -0.1) is 0 Å². The third kappa shape index (κ3) is 4.71. The van der Waals surface area contributed by atoms with Crippen LogP contribution in [0.5, 0.6) is 0 Å². The Kier molecular flexibility index (Phi) is 6.76. The average molecular weight is 612 g/mol. The zero-order valence-electron chi connectivity index (χ0n) is 26.8. The summed E-state index contributed by atoms with van der Waals surface area (Å²) in [6.45, 7) is 2.18. The van der Waals surface area contributed by atoms with E-state index in [1.54, 1.807) is 0 Å². The first-order chi connectivity index (χ1) is 23.7. The van der Waals surface area contributed by atoms with E-state index in [1.165, 1.54) is 88.3 Å². The molecule has 0 spiro atoms. The highest BCUT2D eigenvalue weighted by Gasteiger charge is 2.17. The van der Waals surface area contributed by atoms with E-state index in [2.05, 4.69) is 193 Å². The highest BCUT2D eigenvalue weighted by molar-refractivity contribution is 6.21. The minimum Gasteiger partial charge on any atom is -0.314 e. The van der Waals surface area contributed by atoms with E-state index in [0.717, 1.165) is 0 Å². The van der Waals surface area contributed by atoms with Crippen LogP contribution in [0.15, 0.2) is 182 Å². The molecule has 0 unspecified atom stereocenters. The highest BCUT2D eigenvalue weighted by atomic mass is 15.0. The number of hydrogen-bond acceptors (Lipinski definition) is 0. The van der Waals surface area contributed by atoms with Gasteiger partial charge in [0, 0.05) is 16.8 Å². The van der Waals surface area contributed by atoms with Crippen molar-refractivity contribution in [3.8, 4) is 50.2 Å². The lowest BCUT2D eigenvalue weighted by Gasteiger charge is -2.18. The maximum Gasteiger partial charge on any atom is 0.0531 e. The first-order valence-electron chi connectivity index (χ1n) is 16.6. The van der Waals surface area contributed by atoms with Gasteiger partial charge in [-0.2, -0.15) is 0 Å². The molecule has 1 heterocycles. The Hall–Kier alpha value is -6.18. The summed E-state index contributed by atoms with van der Waals surface area (Å²) in [7, 11) is 0. The molecule has 0 aliphatic heterocycles. The van der Waals surface area contributed by atoms with Crippen molar-refractivity contribution in [2.75, 3.05) is 0 Å². The molecular formula is C47H33N. The molecule has 0 atom stereocenters. The predicted octanol–water partition coefficient (Wildman–Crippen LogP) is 12.9. The van der Waals surface area contributed by atoms with Crippen LogP contribution in [0, 0.1) is 6.92 Å². The lowest BCUT2D eigenvalue weighted by atomic mass is 9.85. The number of aryl methyl sites for hydroxylation is 1. The Morgan fingerprint density at radius 1 is 0.333 bits per heavy atom. The minimum absolute atomic E-state index is 1.19. The molecule has 0 amide bonds. The van der Waals surface area contributed by atoms with Gasteiger partial charge in [0.05, 0.1) is 5.52 Å². The van der Waals surface area contributed by atoms with Crippen LogP contribution in [0.2, 0.25) is 0 Å². The lowest BCUT2D eigenvalue weighted by Crippen LogP contribution is -1.95. The zero-order chi connectivity index (χ0) is 32.0. The number of rotatable bonds is 5. The van der Waals surface area contributed by atoms with Crippen molar-refractivity contribution in [1.82, 2.24) is 4.57 Å². The molecule has 8 aromatic carbocycles. The summed E-state index contributed by atoms with van der Waals surface area (Å²) in [6, 6.07) is 66.2. The molecule has 1 nitrogen and oxygen atoms in total. The smallest absolute Gasteiger partial charge is 0.0531 e. The Balaban J connectivity index is 1.14. The number of hydrogen-bond donors (Lipinski definition) is 0. The quantitative estimate of drug-likeness (QED) is 0.171. The van der Waals surface area contributed by atoms with Crippen molar-refractivity contribution in [1.29, 1.82) is 0 Å². The topological polar surface area (TPSA) is 4.93 Å². The maximum atomic E-state index is 2.33. The molecule has 9 aromatic rings. The van der Waals surface area contributed by atoms with Crippen LogP contribution in [0.4, 0.5) is 0 Å². The Morgan fingerprint density at radius 3 is 1.25 bits per heavy atom. The summed E-state index contributed by atoms with van der Waals surface area (Å²) in [5, 5.41) is 6.33. The molecule has 0 radical (unpaired) electrons. The second-order valence-electron chi connectivity index (χ2n) is 12.6. The van der Waals surface area contributed by atoms with E-state index >= 15 is 0 Å². The largest absolute Gasteiger partial charge is 0.314 e. The van der Waals surface area contributed by atoms with Crippen LogP contribution in [0.1, 0.15) is 5.69 Å². The van der Waals surface area contributed by atoms with Gasteiger partial charge in [0.15, 0.2) is 0 Å². The van der Waals surface area contributed by atoms with Gasteiger partial charge in [0.25, 0.3) is 0 Å². The zero-order valence-corrected chi connectivity index (χ0v) is 26.8. The Morgan fingerprint density at radius 2 is 0.729 bits per heavy atom. The van der Waals surface area contributed by atoms with E-state index in [4.69, 9.17) is 0 Å². The first kappa shape index (κ1) is 28.1. The van der Waals surface area contributed by atoms with Gasteiger partial charge in [0.1, 0.15) is 0 Å². The predicted molar refractivity (Wildman–Crippen MR) is 205 cm³/mol. The Bertz CT molecular complexity index is 2520. The monoisotopic (exact) mass is 611 g/mol. The third-order valence-electron chi connectivity index (χ3n) is 9.72. The van der Waals surface area contributed by atoms with E-state index in [-0.39, 0.29) is 0 Å². The maximum absolute atomic E-state index is 2.33. The molecule has 226 valence electrons. The van der Waals surface area contributed by atoms with Gasteiger partial charge >= 0.3 is 0 Å². The Labute approximate surface area is 281 Å². The molecule has 1 heteroatoms. The van der Waals surface area contributed by atoms with E-state index in [9.17, 15) is 0 Å². The third-order valence-corrected chi connectivity index (χ3v) is 9.72. The molecule has 0 fully saturated rings. The average Bonchev–Trinajstić information content (AvgIpc) is 3.49. The molecule has 9 rings (SSSR count). The van der Waals surface area contributed by atoms with E-state index in [1.807, 2.05) is 0 Å². The van der Waals surface area contributed by atoms with Crippen molar-refractivity contribution >= 4 is 32.4 Å². The number of benzene rings is 8. The van der Waals surface area contributed by atoms with Crippen LogP contribution in [0.25, 0.3) is 82.6 Å². The summed E-state index contributed by atoms with van der Waals surface area (Å²) in [5.41, 5.74) is 13.6. The number of aromatic nitrogens is 1. The molecular weight excluding hydrogens is 579 g/mol. The molecule has 48 heavy (non-hydrogen) atoms. The van der Waals surface area contributed by atoms with Crippen LogP contribution in [-0.4, -0.2) is 4.57 Å². The van der Waals surface area contributed by atoms with Crippen molar-refractivity contribution in [2.24, 2.45) is 0 Å². The molecule has 0 N–H and O–H groups in total. The molecule has 0 aliphatic rings. The van der Waals surface area contributed by atoms with Gasteiger partial charge in [-0.3, -0.25) is 0 Å². The number of fused-ring (bicyclic) bond motifs is 3. The van der Waals surface area contributed by atoms with Gasteiger partial charge in [0.2, 0.25) is 0 Å². The normalized spacial score (nSPS) is 11.4. The summed E-state index contributed by atoms with van der Waals surface area (Å²) in [6.07, 6.45) is 0. The lowest BCUT2D eigenvalue weighted by molar-refractivity contribution is 1.05. The van der Waals surface area contributed by atoms with Crippen molar-refractivity contribution < 1.29 is 0 Å². The fraction of sp³-hybridized carbons (Fsp3) is 0.0213. The summed E-state index contributed by atoms with van der Waals surface area (Å²) < 4.78 is 2.33. The number of para-hydroxylation sites is 1. The van der Waals surface area contributed by atoms with E-state index in [0.29, 0.717) is 0 Å². The van der Waals surface area contributed by atoms with Gasteiger partial charge < -0.3 is 4.57 Å². The fourth-order valence-electron chi connectivity index (χ4n) is 7.49. The van der Waals surface area contributed by atoms with Gasteiger partial charge in [-0.25, -0.2) is 0 Å². The molecule has 0 saturated heterocycles. The van der Waals surface area contributed by atoms with Gasteiger partial charge in [-0.1, -0.05) is 152 Å². The van der Waals surface area contributed by atoms with E-state index < -0.39 is 0 Å². The van der Waals surface area contributed by atoms with Crippen LogP contribution in [-0.2, 0) is 0 Å². The summed E-state index contributed by atoms with van der Waals surface area (Å²) in [5.74, 6) is 0. The molecule has 0 bridgehead atoms. The second-order valence-corrected chi connectivity index (χ2v) is 12.6. The molecule has 1 aromatic heterocycles. The van der Waals surface area contributed by atoms with Crippen LogP contribution < -0.4 is 0 Å². The highest BCUT2D eigenvalue weighted by Crippen LogP contribution is 2.44. The summed E-state index contributed by atoms with van der Waals surface area (Å²) in [4.78, 5) is 0. The fourth-order valence-corrected chi connectivity index (χ4v) is 7.49. The van der Waals surface area contributed by atoms with Crippen molar-refractivity contribution in [3.63, 3.8) is 0 Å².